The summed E-state index contributed by atoms with van der Waals surface area (Å²) in [5, 5.41) is 18.3. The number of cyclic esters (lactones) is 1. The maximum Gasteiger partial charge on any atom is 0.343 e. The standard InChI is InChI=1S/C8H9ClO7/c9-1-4(11)15-2-3(10)7-5(12)6(13)8(14)16-7/h3,6-7,10,13H,1-2H2. The van der Waals surface area contributed by atoms with Gasteiger partial charge in [-0.15, -0.1) is 11.6 Å². The Kier molecular flexibility index (Phi) is 4.22. The average Bonchev–Trinajstić information content (AvgIpc) is 2.53. The number of halogens is 1. The maximum absolute atomic E-state index is 11.1. The van der Waals surface area contributed by atoms with Crippen molar-refractivity contribution in [2.24, 2.45) is 0 Å². The van der Waals surface area contributed by atoms with E-state index >= 15 is 0 Å². The van der Waals surface area contributed by atoms with Gasteiger partial charge in [0, 0.05) is 0 Å². The van der Waals surface area contributed by atoms with Crippen LogP contribution in [0.3, 0.4) is 0 Å². The molecule has 7 nitrogen and oxygen atoms in total. The first kappa shape index (κ1) is 12.9. The Morgan fingerprint density at radius 3 is 2.62 bits per heavy atom. The van der Waals surface area contributed by atoms with Crippen LogP contribution in [0, 0.1) is 0 Å². The Morgan fingerprint density at radius 2 is 2.19 bits per heavy atom. The van der Waals surface area contributed by atoms with Gasteiger partial charge in [0.2, 0.25) is 11.9 Å². The van der Waals surface area contributed by atoms with Crippen LogP contribution in [-0.2, 0) is 23.9 Å². The van der Waals surface area contributed by atoms with Crippen LogP contribution >= 0.6 is 11.6 Å². The average molecular weight is 253 g/mol. The van der Waals surface area contributed by atoms with Crippen molar-refractivity contribution < 1.29 is 34.1 Å². The van der Waals surface area contributed by atoms with Crippen molar-refractivity contribution in [2.45, 2.75) is 18.3 Å². The molecule has 90 valence electrons. The van der Waals surface area contributed by atoms with Crippen LogP contribution in [0.4, 0.5) is 0 Å². The SMILES string of the molecule is O=C(CCl)OCC(O)C1OC(=O)C(O)C1=O. The van der Waals surface area contributed by atoms with Crippen molar-refractivity contribution in [3.63, 3.8) is 0 Å². The van der Waals surface area contributed by atoms with Crippen molar-refractivity contribution in [3.05, 3.63) is 0 Å². The van der Waals surface area contributed by atoms with Crippen LogP contribution in [-0.4, -0.2) is 58.7 Å². The van der Waals surface area contributed by atoms with E-state index in [9.17, 15) is 19.5 Å². The van der Waals surface area contributed by atoms with Crippen LogP contribution < -0.4 is 0 Å². The monoisotopic (exact) mass is 252 g/mol. The molecule has 1 saturated heterocycles. The van der Waals surface area contributed by atoms with Crippen LogP contribution in [0.2, 0.25) is 0 Å². The molecule has 1 aliphatic rings. The van der Waals surface area contributed by atoms with Crippen LogP contribution in [0.25, 0.3) is 0 Å². The van der Waals surface area contributed by atoms with Gasteiger partial charge in [0.05, 0.1) is 0 Å². The fourth-order valence-corrected chi connectivity index (χ4v) is 1.17. The predicted octanol–water partition coefficient (Wildman–Crippen LogP) is -2.02. The second kappa shape index (κ2) is 5.24. The van der Waals surface area contributed by atoms with E-state index in [0.717, 1.165) is 0 Å². The zero-order chi connectivity index (χ0) is 12.3. The molecule has 0 bridgehead atoms. The van der Waals surface area contributed by atoms with Crippen molar-refractivity contribution in [2.75, 3.05) is 12.5 Å². The first-order valence-electron chi connectivity index (χ1n) is 4.29. The largest absolute Gasteiger partial charge is 0.462 e. The van der Waals surface area contributed by atoms with Gasteiger partial charge < -0.3 is 19.7 Å². The smallest absolute Gasteiger partial charge is 0.343 e. The molecule has 0 aliphatic carbocycles. The zero-order valence-electron chi connectivity index (χ0n) is 7.96. The molecule has 1 aliphatic heterocycles. The normalized spacial score (nSPS) is 26.4. The van der Waals surface area contributed by atoms with E-state index in [1.54, 1.807) is 0 Å². The van der Waals surface area contributed by atoms with Gasteiger partial charge in [-0.1, -0.05) is 0 Å². The van der Waals surface area contributed by atoms with Crippen molar-refractivity contribution in [1.29, 1.82) is 0 Å². The number of esters is 2. The third-order valence-electron chi connectivity index (χ3n) is 1.89. The molecular weight excluding hydrogens is 244 g/mol. The number of carbonyl (C=O) groups is 3. The van der Waals surface area contributed by atoms with E-state index in [2.05, 4.69) is 9.47 Å². The minimum Gasteiger partial charge on any atom is -0.462 e. The number of carbonyl (C=O) groups excluding carboxylic acids is 3. The molecule has 0 aromatic heterocycles. The van der Waals surface area contributed by atoms with E-state index in [0.29, 0.717) is 0 Å². The molecule has 0 spiro atoms. The fourth-order valence-electron chi connectivity index (χ4n) is 1.09. The Hall–Kier alpha value is -1.18. The summed E-state index contributed by atoms with van der Waals surface area (Å²) in [6.07, 6.45) is -4.91. The lowest BCUT2D eigenvalue weighted by molar-refractivity contribution is -0.155. The Labute approximate surface area is 94.9 Å². The summed E-state index contributed by atoms with van der Waals surface area (Å²) in [7, 11) is 0. The lowest BCUT2D eigenvalue weighted by atomic mass is 10.1. The summed E-state index contributed by atoms with van der Waals surface area (Å²) in [5.74, 6) is -3.26. The quantitative estimate of drug-likeness (QED) is 0.338. The topological polar surface area (TPSA) is 110 Å². The van der Waals surface area contributed by atoms with Crippen molar-refractivity contribution in [1.82, 2.24) is 0 Å². The summed E-state index contributed by atoms with van der Waals surface area (Å²) >= 11 is 5.12. The molecule has 2 N–H and O–H groups in total. The third kappa shape index (κ3) is 2.69. The molecule has 1 rings (SSSR count). The summed E-state index contributed by atoms with van der Waals surface area (Å²) in [6, 6.07) is 0. The minimum absolute atomic E-state index is 0.395. The first-order chi connectivity index (χ1) is 7.47. The molecule has 1 fully saturated rings. The highest BCUT2D eigenvalue weighted by Gasteiger charge is 2.46. The highest BCUT2D eigenvalue weighted by Crippen LogP contribution is 2.14. The van der Waals surface area contributed by atoms with Gasteiger partial charge in [-0.25, -0.2) is 4.79 Å². The van der Waals surface area contributed by atoms with Crippen molar-refractivity contribution in [3.8, 4) is 0 Å². The number of hydrogen-bond acceptors (Lipinski definition) is 7. The Morgan fingerprint density at radius 1 is 1.56 bits per heavy atom. The van der Waals surface area contributed by atoms with Crippen LogP contribution in [0.15, 0.2) is 0 Å². The molecule has 16 heavy (non-hydrogen) atoms. The second-order valence-corrected chi connectivity index (χ2v) is 3.31. The molecular formula is C8H9ClO7. The molecule has 3 atom stereocenters. The van der Waals surface area contributed by atoms with E-state index in [1.165, 1.54) is 0 Å². The van der Waals surface area contributed by atoms with E-state index in [1.807, 2.05) is 0 Å². The van der Waals surface area contributed by atoms with Crippen LogP contribution in [0.1, 0.15) is 0 Å². The molecule has 1 heterocycles. The number of rotatable bonds is 4. The van der Waals surface area contributed by atoms with E-state index < -0.39 is 48.5 Å². The number of Topliss-reactive ketones (excluding diaryl/α,β-unsaturated/α-hetero) is 1. The van der Waals surface area contributed by atoms with E-state index in [-0.39, 0.29) is 0 Å². The van der Waals surface area contributed by atoms with Gasteiger partial charge in [-0.2, -0.15) is 0 Å². The summed E-state index contributed by atoms with van der Waals surface area (Å²) in [5.41, 5.74) is 0. The number of alkyl halides is 1. The number of aliphatic hydroxyl groups excluding tert-OH is 2. The molecule has 0 aromatic carbocycles. The maximum atomic E-state index is 11.1. The van der Waals surface area contributed by atoms with Crippen molar-refractivity contribution >= 4 is 29.3 Å². The van der Waals surface area contributed by atoms with E-state index in [4.69, 9.17) is 16.7 Å². The number of aliphatic hydroxyl groups is 2. The fraction of sp³-hybridized carbons (Fsp3) is 0.625. The summed E-state index contributed by atoms with van der Waals surface area (Å²) in [4.78, 5) is 32.5. The molecule has 0 radical (unpaired) electrons. The first-order valence-corrected chi connectivity index (χ1v) is 4.82. The Bertz CT molecular complexity index is 316. The molecule has 0 saturated carbocycles. The molecule has 0 aromatic rings. The minimum atomic E-state index is -1.89. The van der Waals surface area contributed by atoms with Gasteiger partial charge >= 0.3 is 11.9 Å². The van der Waals surface area contributed by atoms with Gasteiger partial charge in [-0.05, 0) is 0 Å². The highest BCUT2D eigenvalue weighted by atomic mass is 35.5. The van der Waals surface area contributed by atoms with Gasteiger partial charge in [0.1, 0.15) is 18.6 Å². The summed E-state index contributed by atoms with van der Waals surface area (Å²) in [6.45, 7) is -0.540. The number of ether oxygens (including phenoxy) is 2. The molecule has 0 amide bonds. The molecule has 8 heteroatoms. The molecule has 3 unspecified atom stereocenters. The second-order valence-electron chi connectivity index (χ2n) is 3.05. The predicted molar refractivity (Wildman–Crippen MR) is 48.6 cm³/mol. The van der Waals surface area contributed by atoms with Gasteiger partial charge in [-0.3, -0.25) is 9.59 Å². The lowest BCUT2D eigenvalue weighted by Crippen LogP contribution is -2.38. The number of ketones is 1. The van der Waals surface area contributed by atoms with Crippen LogP contribution in [0.5, 0.6) is 0 Å². The third-order valence-corrected chi connectivity index (χ3v) is 2.11. The highest BCUT2D eigenvalue weighted by molar-refractivity contribution is 6.26. The Balaban J connectivity index is 2.49. The lowest BCUT2D eigenvalue weighted by Gasteiger charge is -2.14. The van der Waals surface area contributed by atoms with Gasteiger partial charge in [0.25, 0.3) is 0 Å². The number of hydrogen-bond donors (Lipinski definition) is 2. The van der Waals surface area contributed by atoms with Gasteiger partial charge in [0.15, 0.2) is 6.10 Å². The summed E-state index contributed by atoms with van der Waals surface area (Å²) < 4.78 is 8.84. The zero-order valence-corrected chi connectivity index (χ0v) is 8.72.